The van der Waals surface area contributed by atoms with Gasteiger partial charge in [-0.2, -0.15) is 0 Å². The van der Waals surface area contributed by atoms with Crippen LogP contribution in [0.25, 0.3) is 0 Å². The third-order valence-electron chi connectivity index (χ3n) is 4.29. The molecule has 1 atom stereocenters. The SMILES string of the molecule is CC(=O)N1CCO[C@@H](CNC(=O)c2cccc(CCC(C)(C)O)c2)C1. The maximum atomic E-state index is 12.4. The molecule has 0 unspecified atom stereocenters. The molecule has 0 bridgehead atoms. The van der Waals surface area contributed by atoms with Crippen molar-refractivity contribution in [2.45, 2.75) is 45.3 Å². The highest BCUT2D eigenvalue weighted by atomic mass is 16.5. The number of aryl methyl sites for hydroxylation is 1. The normalized spacial score (nSPS) is 18.1. The molecule has 0 radical (unpaired) electrons. The van der Waals surface area contributed by atoms with E-state index in [4.69, 9.17) is 4.74 Å². The van der Waals surface area contributed by atoms with Crippen LogP contribution in [0.3, 0.4) is 0 Å². The maximum absolute atomic E-state index is 12.4. The lowest BCUT2D eigenvalue weighted by molar-refractivity contribution is -0.136. The lowest BCUT2D eigenvalue weighted by Crippen LogP contribution is -2.49. The Kier molecular flexibility index (Phi) is 6.56. The second-order valence-electron chi connectivity index (χ2n) is 7.18. The molecule has 0 aromatic heterocycles. The largest absolute Gasteiger partial charge is 0.390 e. The summed E-state index contributed by atoms with van der Waals surface area (Å²) in [4.78, 5) is 25.5. The van der Waals surface area contributed by atoms with Gasteiger partial charge in [-0.15, -0.1) is 0 Å². The first-order chi connectivity index (χ1) is 11.7. The predicted octanol–water partition coefficient (Wildman–Crippen LogP) is 1.37. The summed E-state index contributed by atoms with van der Waals surface area (Å²) in [6.45, 7) is 7.06. The van der Waals surface area contributed by atoms with E-state index < -0.39 is 5.60 Å². The zero-order valence-electron chi connectivity index (χ0n) is 15.2. The number of hydrogen-bond acceptors (Lipinski definition) is 4. The van der Waals surface area contributed by atoms with Crippen LogP contribution in [0.15, 0.2) is 24.3 Å². The highest BCUT2D eigenvalue weighted by Crippen LogP contribution is 2.14. The monoisotopic (exact) mass is 348 g/mol. The first-order valence-electron chi connectivity index (χ1n) is 8.71. The van der Waals surface area contributed by atoms with Crippen LogP contribution in [0.2, 0.25) is 0 Å². The number of carbonyl (C=O) groups excluding carboxylic acids is 2. The van der Waals surface area contributed by atoms with Crippen molar-refractivity contribution in [1.29, 1.82) is 0 Å². The summed E-state index contributed by atoms with van der Waals surface area (Å²) in [5.41, 5.74) is 0.887. The van der Waals surface area contributed by atoms with E-state index in [-0.39, 0.29) is 17.9 Å². The summed E-state index contributed by atoms with van der Waals surface area (Å²) in [5.74, 6) is -0.132. The smallest absolute Gasteiger partial charge is 0.251 e. The number of nitrogens with zero attached hydrogens (tertiary/aromatic N) is 1. The Morgan fingerprint density at radius 2 is 2.16 bits per heavy atom. The topological polar surface area (TPSA) is 78.9 Å². The van der Waals surface area contributed by atoms with Crippen LogP contribution >= 0.6 is 0 Å². The summed E-state index contributed by atoms with van der Waals surface area (Å²) < 4.78 is 5.61. The Morgan fingerprint density at radius 3 is 2.84 bits per heavy atom. The van der Waals surface area contributed by atoms with Gasteiger partial charge in [-0.05, 0) is 44.4 Å². The van der Waals surface area contributed by atoms with Gasteiger partial charge in [0.25, 0.3) is 5.91 Å². The van der Waals surface area contributed by atoms with Crippen LogP contribution in [0.1, 0.15) is 43.1 Å². The van der Waals surface area contributed by atoms with Crippen molar-refractivity contribution < 1.29 is 19.4 Å². The minimum atomic E-state index is -0.723. The van der Waals surface area contributed by atoms with Gasteiger partial charge in [-0.3, -0.25) is 9.59 Å². The van der Waals surface area contributed by atoms with E-state index >= 15 is 0 Å². The van der Waals surface area contributed by atoms with Crippen molar-refractivity contribution in [3.8, 4) is 0 Å². The summed E-state index contributed by atoms with van der Waals surface area (Å²) in [7, 11) is 0. The molecule has 0 aliphatic carbocycles. The highest BCUT2D eigenvalue weighted by Gasteiger charge is 2.22. The number of morpholine rings is 1. The fourth-order valence-corrected chi connectivity index (χ4v) is 2.76. The molecule has 25 heavy (non-hydrogen) atoms. The Morgan fingerprint density at radius 1 is 1.40 bits per heavy atom. The van der Waals surface area contributed by atoms with E-state index in [1.807, 2.05) is 18.2 Å². The molecule has 1 aromatic rings. The van der Waals surface area contributed by atoms with E-state index in [2.05, 4.69) is 5.32 Å². The number of benzene rings is 1. The number of carbonyl (C=O) groups is 2. The predicted molar refractivity (Wildman–Crippen MR) is 95.4 cm³/mol. The molecule has 2 rings (SSSR count). The standard InChI is InChI=1S/C19H28N2O4/c1-14(22)21-9-10-25-17(13-21)12-20-18(23)16-6-4-5-15(11-16)7-8-19(2,3)24/h4-6,11,17,24H,7-10,12-13H2,1-3H3,(H,20,23)/t17-/m0/s1. The number of amides is 2. The van der Waals surface area contributed by atoms with Crippen LogP contribution in [0, 0.1) is 0 Å². The molecular weight excluding hydrogens is 320 g/mol. The van der Waals surface area contributed by atoms with Crippen molar-refractivity contribution in [3.63, 3.8) is 0 Å². The molecule has 1 aliphatic rings. The van der Waals surface area contributed by atoms with Crippen LogP contribution in [-0.4, -0.2) is 59.8 Å². The Hall–Kier alpha value is -1.92. The quantitative estimate of drug-likeness (QED) is 0.814. The molecule has 0 spiro atoms. The fraction of sp³-hybridized carbons (Fsp3) is 0.579. The first kappa shape index (κ1) is 19.4. The molecule has 6 heteroatoms. The van der Waals surface area contributed by atoms with Crippen molar-refractivity contribution in [1.82, 2.24) is 10.2 Å². The van der Waals surface area contributed by atoms with E-state index in [1.54, 1.807) is 31.7 Å². The van der Waals surface area contributed by atoms with Gasteiger partial charge >= 0.3 is 0 Å². The molecule has 2 N–H and O–H groups in total. The summed E-state index contributed by atoms with van der Waals surface area (Å²) in [6.07, 6.45) is 1.17. The second-order valence-corrected chi connectivity index (χ2v) is 7.18. The van der Waals surface area contributed by atoms with Crippen LogP contribution < -0.4 is 5.32 Å². The molecular formula is C19H28N2O4. The molecule has 1 fully saturated rings. The van der Waals surface area contributed by atoms with Crippen LogP contribution in [0.4, 0.5) is 0 Å². The van der Waals surface area contributed by atoms with Gasteiger partial charge in [0, 0.05) is 32.1 Å². The van der Waals surface area contributed by atoms with Crippen molar-refractivity contribution in [3.05, 3.63) is 35.4 Å². The summed E-state index contributed by atoms with van der Waals surface area (Å²) in [5, 5.41) is 12.7. The Balaban J connectivity index is 1.87. The zero-order valence-corrected chi connectivity index (χ0v) is 15.2. The number of ether oxygens (including phenoxy) is 1. The summed E-state index contributed by atoms with van der Waals surface area (Å²) in [6, 6.07) is 7.43. The fourth-order valence-electron chi connectivity index (χ4n) is 2.76. The first-order valence-corrected chi connectivity index (χ1v) is 8.71. The highest BCUT2D eigenvalue weighted by molar-refractivity contribution is 5.94. The zero-order chi connectivity index (χ0) is 18.4. The van der Waals surface area contributed by atoms with E-state index in [1.165, 1.54) is 0 Å². The van der Waals surface area contributed by atoms with Crippen LogP contribution in [-0.2, 0) is 16.0 Å². The van der Waals surface area contributed by atoms with Crippen molar-refractivity contribution in [2.75, 3.05) is 26.2 Å². The van der Waals surface area contributed by atoms with Gasteiger partial charge in [-0.25, -0.2) is 0 Å². The van der Waals surface area contributed by atoms with Crippen molar-refractivity contribution in [2.24, 2.45) is 0 Å². The lowest BCUT2D eigenvalue weighted by atomic mass is 9.98. The third-order valence-corrected chi connectivity index (χ3v) is 4.29. The molecule has 6 nitrogen and oxygen atoms in total. The minimum absolute atomic E-state index is 0.0270. The minimum Gasteiger partial charge on any atom is -0.390 e. The van der Waals surface area contributed by atoms with E-state index in [9.17, 15) is 14.7 Å². The van der Waals surface area contributed by atoms with Gasteiger partial charge in [0.05, 0.1) is 18.3 Å². The maximum Gasteiger partial charge on any atom is 0.251 e. The van der Waals surface area contributed by atoms with Gasteiger partial charge < -0.3 is 20.1 Å². The molecule has 2 amide bonds. The average Bonchev–Trinajstić information content (AvgIpc) is 2.58. The number of rotatable bonds is 6. The molecule has 1 heterocycles. The molecule has 1 aliphatic heterocycles. The number of nitrogens with one attached hydrogen (secondary N) is 1. The molecule has 0 saturated carbocycles. The Bertz CT molecular complexity index is 610. The number of hydrogen-bond donors (Lipinski definition) is 2. The summed E-state index contributed by atoms with van der Waals surface area (Å²) >= 11 is 0. The number of aliphatic hydroxyl groups is 1. The van der Waals surface area contributed by atoms with E-state index in [0.29, 0.717) is 44.6 Å². The molecule has 1 aromatic carbocycles. The van der Waals surface area contributed by atoms with Crippen LogP contribution in [0.5, 0.6) is 0 Å². The molecule has 1 saturated heterocycles. The van der Waals surface area contributed by atoms with Gasteiger partial charge in [0.15, 0.2) is 0 Å². The van der Waals surface area contributed by atoms with Crippen molar-refractivity contribution >= 4 is 11.8 Å². The third kappa shape index (κ3) is 6.48. The second kappa shape index (κ2) is 8.45. The Labute approximate surface area is 149 Å². The average molecular weight is 348 g/mol. The molecule has 138 valence electrons. The van der Waals surface area contributed by atoms with Gasteiger partial charge in [0.1, 0.15) is 0 Å². The van der Waals surface area contributed by atoms with Gasteiger partial charge in [-0.1, -0.05) is 12.1 Å². The lowest BCUT2D eigenvalue weighted by Gasteiger charge is -2.32. The van der Waals surface area contributed by atoms with E-state index in [0.717, 1.165) is 5.56 Å². The van der Waals surface area contributed by atoms with Gasteiger partial charge in [0.2, 0.25) is 5.91 Å².